The van der Waals surface area contributed by atoms with Gasteiger partial charge in [-0.25, -0.2) is 0 Å². The van der Waals surface area contributed by atoms with Gasteiger partial charge in [-0.1, -0.05) is 12.1 Å². The number of hydrogen-bond acceptors (Lipinski definition) is 4. The van der Waals surface area contributed by atoms with Gasteiger partial charge in [0.1, 0.15) is 5.69 Å². The number of imide groups is 1. The SMILES string of the molecule is Cn1cccc1C(=O)NC(=O)CSc1ccc(CO)cc1. The zero-order valence-electron chi connectivity index (χ0n) is 11.6. The van der Waals surface area contributed by atoms with Crippen LogP contribution in [-0.4, -0.2) is 27.2 Å². The highest BCUT2D eigenvalue weighted by molar-refractivity contribution is 8.00. The summed E-state index contributed by atoms with van der Waals surface area (Å²) in [5.74, 6) is -0.574. The van der Waals surface area contributed by atoms with E-state index in [1.165, 1.54) is 11.8 Å². The smallest absolute Gasteiger partial charge is 0.274 e. The standard InChI is InChI=1S/C15H16N2O3S/c1-17-8-2-3-13(17)15(20)16-14(19)10-21-12-6-4-11(9-18)5-7-12/h2-8,18H,9-10H2,1H3,(H,16,19,20). The molecule has 0 atom stereocenters. The Morgan fingerprint density at radius 2 is 1.95 bits per heavy atom. The summed E-state index contributed by atoms with van der Waals surface area (Å²) < 4.78 is 1.66. The molecule has 0 saturated heterocycles. The van der Waals surface area contributed by atoms with Gasteiger partial charge in [0.05, 0.1) is 12.4 Å². The number of aromatic nitrogens is 1. The van der Waals surface area contributed by atoms with Crippen LogP contribution in [0.2, 0.25) is 0 Å². The fourth-order valence-corrected chi connectivity index (χ4v) is 2.46. The zero-order valence-corrected chi connectivity index (χ0v) is 12.4. The highest BCUT2D eigenvalue weighted by Crippen LogP contribution is 2.18. The minimum Gasteiger partial charge on any atom is -0.392 e. The first kappa shape index (κ1) is 15.3. The summed E-state index contributed by atoms with van der Waals surface area (Å²) in [5.41, 5.74) is 1.27. The molecular weight excluding hydrogens is 288 g/mol. The monoisotopic (exact) mass is 304 g/mol. The molecule has 0 saturated carbocycles. The largest absolute Gasteiger partial charge is 0.392 e. The van der Waals surface area contributed by atoms with E-state index in [1.807, 2.05) is 12.1 Å². The van der Waals surface area contributed by atoms with Gasteiger partial charge >= 0.3 is 0 Å². The van der Waals surface area contributed by atoms with E-state index < -0.39 is 5.91 Å². The Labute approximate surface area is 127 Å². The summed E-state index contributed by atoms with van der Waals surface area (Å²) in [6.45, 7) is -0.00337. The number of amides is 2. The molecule has 0 unspecified atom stereocenters. The number of hydrogen-bond donors (Lipinski definition) is 2. The molecule has 2 rings (SSSR count). The molecule has 1 aromatic heterocycles. The van der Waals surface area contributed by atoms with E-state index in [0.29, 0.717) is 5.69 Å². The van der Waals surface area contributed by atoms with Crippen molar-refractivity contribution in [2.24, 2.45) is 7.05 Å². The Morgan fingerprint density at radius 3 is 2.52 bits per heavy atom. The second kappa shape index (κ2) is 7.10. The first-order chi connectivity index (χ1) is 10.1. The molecule has 1 aromatic carbocycles. The number of benzene rings is 1. The van der Waals surface area contributed by atoms with Crippen molar-refractivity contribution in [1.29, 1.82) is 0 Å². The molecule has 0 aliphatic carbocycles. The molecule has 2 amide bonds. The molecule has 0 bridgehead atoms. The molecule has 6 heteroatoms. The van der Waals surface area contributed by atoms with Crippen LogP contribution in [0.4, 0.5) is 0 Å². The van der Waals surface area contributed by atoms with Crippen molar-refractivity contribution in [3.8, 4) is 0 Å². The van der Waals surface area contributed by atoms with E-state index in [4.69, 9.17) is 5.11 Å². The van der Waals surface area contributed by atoms with Crippen molar-refractivity contribution in [2.75, 3.05) is 5.75 Å². The third kappa shape index (κ3) is 4.21. The molecule has 0 fully saturated rings. The molecule has 0 aliphatic heterocycles. The molecule has 0 radical (unpaired) electrons. The van der Waals surface area contributed by atoms with Crippen LogP contribution >= 0.6 is 11.8 Å². The van der Waals surface area contributed by atoms with Gasteiger partial charge in [-0.3, -0.25) is 14.9 Å². The molecule has 5 nitrogen and oxygen atoms in total. The highest BCUT2D eigenvalue weighted by Gasteiger charge is 2.12. The Bertz CT molecular complexity index is 635. The minimum atomic E-state index is -0.399. The Balaban J connectivity index is 1.84. The maximum Gasteiger partial charge on any atom is 0.274 e. The minimum absolute atomic E-state index is 0.00337. The van der Waals surface area contributed by atoms with E-state index in [9.17, 15) is 9.59 Å². The summed E-state index contributed by atoms with van der Waals surface area (Å²) in [6.07, 6.45) is 1.75. The third-order valence-electron chi connectivity index (χ3n) is 2.91. The summed E-state index contributed by atoms with van der Waals surface area (Å²) in [4.78, 5) is 24.5. The van der Waals surface area contributed by atoms with E-state index in [1.54, 1.807) is 42.1 Å². The predicted molar refractivity (Wildman–Crippen MR) is 81.0 cm³/mol. The first-order valence-corrected chi connectivity index (χ1v) is 7.37. The van der Waals surface area contributed by atoms with E-state index in [-0.39, 0.29) is 18.3 Å². The summed E-state index contributed by atoms with van der Waals surface area (Å²) in [7, 11) is 1.75. The molecule has 1 heterocycles. The average molecular weight is 304 g/mol. The lowest BCUT2D eigenvalue weighted by Crippen LogP contribution is -2.32. The van der Waals surface area contributed by atoms with Gasteiger partial charge in [-0.2, -0.15) is 0 Å². The molecule has 110 valence electrons. The van der Waals surface area contributed by atoms with Crippen LogP contribution < -0.4 is 5.32 Å². The van der Waals surface area contributed by atoms with Crippen LogP contribution in [0.3, 0.4) is 0 Å². The average Bonchev–Trinajstić information content (AvgIpc) is 2.92. The van der Waals surface area contributed by atoms with Gasteiger partial charge in [-0.15, -0.1) is 11.8 Å². The van der Waals surface area contributed by atoms with Crippen LogP contribution in [0.25, 0.3) is 0 Å². The summed E-state index contributed by atoms with van der Waals surface area (Å²) in [6, 6.07) is 10.7. The number of carbonyl (C=O) groups excluding carboxylic acids is 2. The normalized spacial score (nSPS) is 10.4. The lowest BCUT2D eigenvalue weighted by atomic mass is 10.2. The molecular formula is C15H16N2O3S. The third-order valence-corrected chi connectivity index (χ3v) is 3.92. The number of rotatable bonds is 5. The van der Waals surface area contributed by atoms with Crippen molar-refractivity contribution < 1.29 is 14.7 Å². The Hall–Kier alpha value is -2.05. The predicted octanol–water partition coefficient (Wildman–Crippen LogP) is 1.57. The number of aliphatic hydroxyl groups excluding tert-OH is 1. The highest BCUT2D eigenvalue weighted by atomic mass is 32.2. The number of nitrogens with zero attached hydrogens (tertiary/aromatic N) is 1. The second-order valence-electron chi connectivity index (χ2n) is 4.47. The maximum atomic E-state index is 11.8. The number of aliphatic hydroxyl groups is 1. The van der Waals surface area contributed by atoms with Crippen LogP contribution in [0.1, 0.15) is 16.1 Å². The molecule has 21 heavy (non-hydrogen) atoms. The number of aryl methyl sites for hydroxylation is 1. The molecule has 0 aliphatic rings. The number of nitrogens with one attached hydrogen (secondary N) is 1. The van der Waals surface area contributed by atoms with Gasteiger partial charge in [0.15, 0.2) is 0 Å². The molecule has 0 spiro atoms. The Morgan fingerprint density at radius 1 is 1.24 bits per heavy atom. The van der Waals surface area contributed by atoms with Crippen molar-refractivity contribution in [3.63, 3.8) is 0 Å². The number of carbonyl (C=O) groups is 2. The maximum absolute atomic E-state index is 11.8. The van der Waals surface area contributed by atoms with Gasteiger partial charge in [0.25, 0.3) is 5.91 Å². The number of thioether (sulfide) groups is 1. The summed E-state index contributed by atoms with van der Waals surface area (Å²) >= 11 is 1.34. The van der Waals surface area contributed by atoms with E-state index in [2.05, 4.69) is 5.32 Å². The van der Waals surface area contributed by atoms with Crippen LogP contribution in [0, 0.1) is 0 Å². The lowest BCUT2D eigenvalue weighted by Gasteiger charge is -2.05. The van der Waals surface area contributed by atoms with Gasteiger partial charge in [0.2, 0.25) is 5.91 Å². The van der Waals surface area contributed by atoms with Crippen LogP contribution in [-0.2, 0) is 18.4 Å². The van der Waals surface area contributed by atoms with Crippen molar-refractivity contribution in [2.45, 2.75) is 11.5 Å². The molecule has 2 N–H and O–H groups in total. The van der Waals surface area contributed by atoms with Crippen molar-refractivity contribution >= 4 is 23.6 Å². The molecule has 2 aromatic rings. The quantitative estimate of drug-likeness (QED) is 0.823. The van der Waals surface area contributed by atoms with Crippen LogP contribution in [0.5, 0.6) is 0 Å². The second-order valence-corrected chi connectivity index (χ2v) is 5.52. The van der Waals surface area contributed by atoms with E-state index in [0.717, 1.165) is 10.5 Å². The zero-order chi connectivity index (χ0) is 15.2. The van der Waals surface area contributed by atoms with Crippen LogP contribution in [0.15, 0.2) is 47.5 Å². The van der Waals surface area contributed by atoms with Crippen molar-refractivity contribution in [3.05, 3.63) is 53.9 Å². The topological polar surface area (TPSA) is 71.3 Å². The van der Waals surface area contributed by atoms with Gasteiger partial charge in [-0.05, 0) is 29.8 Å². The van der Waals surface area contributed by atoms with Gasteiger partial charge in [0, 0.05) is 18.1 Å². The fourth-order valence-electron chi connectivity index (χ4n) is 1.76. The first-order valence-electron chi connectivity index (χ1n) is 6.38. The fraction of sp³-hybridized carbons (Fsp3) is 0.200. The van der Waals surface area contributed by atoms with E-state index >= 15 is 0 Å². The summed E-state index contributed by atoms with van der Waals surface area (Å²) in [5, 5.41) is 11.3. The van der Waals surface area contributed by atoms with Gasteiger partial charge < -0.3 is 9.67 Å². The lowest BCUT2D eigenvalue weighted by molar-refractivity contribution is -0.117. The Kier molecular flexibility index (Phi) is 5.19. The van der Waals surface area contributed by atoms with Crippen molar-refractivity contribution in [1.82, 2.24) is 9.88 Å².